The number of hydrogen-bond acceptors (Lipinski definition) is 3. The van der Waals surface area contributed by atoms with E-state index >= 15 is 0 Å². The predicted molar refractivity (Wildman–Crippen MR) is 89.0 cm³/mol. The van der Waals surface area contributed by atoms with Gasteiger partial charge in [-0.15, -0.1) is 0 Å². The van der Waals surface area contributed by atoms with Crippen LogP contribution in [-0.2, 0) is 9.84 Å². The summed E-state index contributed by atoms with van der Waals surface area (Å²) in [4.78, 5) is 14.8. The Hall–Kier alpha value is -2.34. The molecule has 122 valence electrons. The molecule has 2 aromatic rings. The van der Waals surface area contributed by atoms with Crippen molar-refractivity contribution in [1.29, 1.82) is 0 Å². The van der Waals surface area contributed by atoms with E-state index in [0.717, 1.165) is 13.1 Å². The average molecular weight is 332 g/mol. The summed E-state index contributed by atoms with van der Waals surface area (Å²) in [6.45, 7) is 1.74. The van der Waals surface area contributed by atoms with Crippen LogP contribution in [0.3, 0.4) is 0 Å². The zero-order chi connectivity index (χ0) is 16.9. The maximum absolute atomic E-state index is 12.0. The molecule has 23 heavy (non-hydrogen) atoms. The second-order valence-corrected chi connectivity index (χ2v) is 7.20. The lowest BCUT2D eigenvalue weighted by molar-refractivity contribution is 0.205. The summed E-state index contributed by atoms with van der Waals surface area (Å²) < 4.78 is 24.1. The molecule has 3 rings (SSSR count). The molecule has 0 atom stereocenters. The normalized spacial score (nSPS) is 14.4. The molecule has 1 saturated heterocycles. The van der Waals surface area contributed by atoms with Gasteiger partial charge in [-0.3, -0.25) is 0 Å². The van der Waals surface area contributed by atoms with Crippen molar-refractivity contribution in [2.24, 2.45) is 0 Å². The monoisotopic (exact) mass is 332 g/mol. The SMILES string of the molecule is CN1CCN(C)C1=O.O=S(=O)(c1ccccc1)c1ccccc1. The van der Waals surface area contributed by atoms with Gasteiger partial charge in [-0.1, -0.05) is 36.4 Å². The predicted octanol–water partition coefficient (Wildman–Crippen LogP) is 2.50. The lowest BCUT2D eigenvalue weighted by Gasteiger charge is -2.07. The molecule has 5 nitrogen and oxygen atoms in total. The molecule has 0 bridgehead atoms. The van der Waals surface area contributed by atoms with Gasteiger partial charge in [0.15, 0.2) is 0 Å². The molecule has 2 amide bonds. The molecule has 0 aromatic heterocycles. The molecule has 0 radical (unpaired) electrons. The van der Waals surface area contributed by atoms with E-state index in [1.807, 2.05) is 14.1 Å². The van der Waals surface area contributed by atoms with E-state index < -0.39 is 9.84 Å². The third-order valence-corrected chi connectivity index (χ3v) is 5.32. The first-order chi connectivity index (χ1) is 10.9. The van der Waals surface area contributed by atoms with E-state index in [1.165, 1.54) is 0 Å². The van der Waals surface area contributed by atoms with Crippen molar-refractivity contribution in [3.63, 3.8) is 0 Å². The second kappa shape index (κ2) is 7.28. The number of carbonyl (C=O) groups excluding carboxylic acids is 1. The lowest BCUT2D eigenvalue weighted by atomic mass is 10.4. The minimum absolute atomic E-state index is 0.130. The number of benzene rings is 2. The quantitative estimate of drug-likeness (QED) is 0.849. The summed E-state index contributed by atoms with van der Waals surface area (Å²) in [6, 6.07) is 17.0. The Balaban J connectivity index is 0.000000203. The van der Waals surface area contributed by atoms with Crippen LogP contribution in [0.5, 0.6) is 0 Å². The van der Waals surface area contributed by atoms with Crippen molar-refractivity contribution < 1.29 is 13.2 Å². The molecule has 0 spiro atoms. The minimum Gasteiger partial charge on any atom is -0.326 e. The van der Waals surface area contributed by atoms with Gasteiger partial charge >= 0.3 is 6.03 Å². The summed E-state index contributed by atoms with van der Waals surface area (Å²) in [5.74, 6) is 0. The highest BCUT2D eigenvalue weighted by Crippen LogP contribution is 2.19. The van der Waals surface area contributed by atoms with Crippen LogP contribution < -0.4 is 0 Å². The van der Waals surface area contributed by atoms with Gasteiger partial charge < -0.3 is 9.80 Å². The Morgan fingerprint density at radius 1 is 0.739 bits per heavy atom. The Morgan fingerprint density at radius 3 is 1.35 bits per heavy atom. The van der Waals surface area contributed by atoms with E-state index in [1.54, 1.807) is 70.5 Å². The molecule has 2 aromatic carbocycles. The number of amides is 2. The van der Waals surface area contributed by atoms with Gasteiger partial charge in [0, 0.05) is 27.2 Å². The minimum atomic E-state index is -3.34. The molecule has 0 aliphatic carbocycles. The number of nitrogens with zero attached hydrogens (tertiary/aromatic N) is 2. The first-order valence-electron chi connectivity index (χ1n) is 7.24. The van der Waals surface area contributed by atoms with Crippen LogP contribution >= 0.6 is 0 Å². The van der Waals surface area contributed by atoms with Crippen LogP contribution in [0.25, 0.3) is 0 Å². The summed E-state index contributed by atoms with van der Waals surface area (Å²) in [5.41, 5.74) is 0. The molecule has 0 saturated carbocycles. The zero-order valence-electron chi connectivity index (χ0n) is 13.2. The van der Waals surface area contributed by atoms with E-state index in [0.29, 0.717) is 9.79 Å². The molecular weight excluding hydrogens is 312 g/mol. The summed E-state index contributed by atoms with van der Waals surface area (Å²) in [6.07, 6.45) is 0. The van der Waals surface area contributed by atoms with Crippen LogP contribution in [0.1, 0.15) is 0 Å². The van der Waals surface area contributed by atoms with Crippen molar-refractivity contribution in [3.8, 4) is 0 Å². The summed E-state index contributed by atoms with van der Waals surface area (Å²) in [5, 5.41) is 0. The Bertz CT molecular complexity index is 688. The maximum Gasteiger partial charge on any atom is 0.319 e. The molecule has 1 aliphatic rings. The van der Waals surface area contributed by atoms with Gasteiger partial charge in [-0.05, 0) is 24.3 Å². The van der Waals surface area contributed by atoms with Gasteiger partial charge in [0.1, 0.15) is 0 Å². The van der Waals surface area contributed by atoms with Gasteiger partial charge in [0.2, 0.25) is 9.84 Å². The fourth-order valence-electron chi connectivity index (χ4n) is 2.12. The highest BCUT2D eigenvalue weighted by atomic mass is 32.2. The number of rotatable bonds is 2. The third-order valence-electron chi connectivity index (χ3n) is 3.53. The average Bonchev–Trinajstić information content (AvgIpc) is 2.88. The molecule has 0 N–H and O–H groups in total. The molecular formula is C17H20N2O3S. The van der Waals surface area contributed by atoms with E-state index in [2.05, 4.69) is 0 Å². The summed E-state index contributed by atoms with van der Waals surface area (Å²) >= 11 is 0. The smallest absolute Gasteiger partial charge is 0.319 e. The molecule has 6 heteroatoms. The van der Waals surface area contributed by atoms with Crippen molar-refractivity contribution in [1.82, 2.24) is 9.80 Å². The number of urea groups is 1. The van der Waals surface area contributed by atoms with Gasteiger partial charge in [-0.25, -0.2) is 13.2 Å². The van der Waals surface area contributed by atoms with Crippen LogP contribution in [-0.4, -0.2) is 51.4 Å². The van der Waals surface area contributed by atoms with Crippen molar-refractivity contribution in [2.45, 2.75) is 9.79 Å². The molecule has 1 aliphatic heterocycles. The Morgan fingerprint density at radius 2 is 1.09 bits per heavy atom. The van der Waals surface area contributed by atoms with Crippen LogP contribution in [0.4, 0.5) is 4.79 Å². The first-order valence-corrected chi connectivity index (χ1v) is 8.72. The van der Waals surface area contributed by atoms with E-state index in [4.69, 9.17) is 0 Å². The van der Waals surface area contributed by atoms with Gasteiger partial charge in [-0.2, -0.15) is 0 Å². The maximum atomic E-state index is 12.0. The van der Waals surface area contributed by atoms with Crippen molar-refractivity contribution >= 4 is 15.9 Å². The number of likely N-dealkylation sites (N-methyl/N-ethyl adjacent to an activating group) is 2. The topological polar surface area (TPSA) is 57.7 Å². The fourth-order valence-corrected chi connectivity index (χ4v) is 3.42. The Labute approximate surface area is 137 Å². The zero-order valence-corrected chi connectivity index (χ0v) is 14.0. The molecule has 0 unspecified atom stereocenters. The van der Waals surface area contributed by atoms with Gasteiger partial charge in [0.05, 0.1) is 9.79 Å². The highest BCUT2D eigenvalue weighted by Gasteiger charge is 2.20. The standard InChI is InChI=1S/C12H10O2S.C5H10N2O/c13-15(14,11-7-3-1-4-8-11)12-9-5-2-6-10-12;1-6-3-4-7(2)5(6)8/h1-10H;3-4H2,1-2H3. The fraction of sp³-hybridized carbons (Fsp3) is 0.235. The van der Waals surface area contributed by atoms with E-state index in [-0.39, 0.29) is 6.03 Å². The Kier molecular flexibility index (Phi) is 5.39. The molecule has 1 fully saturated rings. The van der Waals surface area contributed by atoms with Gasteiger partial charge in [0.25, 0.3) is 0 Å². The van der Waals surface area contributed by atoms with Crippen LogP contribution in [0.2, 0.25) is 0 Å². The van der Waals surface area contributed by atoms with Crippen LogP contribution in [0.15, 0.2) is 70.5 Å². The molecule has 1 heterocycles. The largest absolute Gasteiger partial charge is 0.326 e. The van der Waals surface area contributed by atoms with E-state index in [9.17, 15) is 13.2 Å². The number of sulfone groups is 1. The third kappa shape index (κ3) is 4.10. The van der Waals surface area contributed by atoms with Crippen molar-refractivity contribution in [2.75, 3.05) is 27.2 Å². The van der Waals surface area contributed by atoms with Crippen LogP contribution in [0, 0.1) is 0 Å². The number of hydrogen-bond donors (Lipinski definition) is 0. The number of carbonyl (C=O) groups is 1. The highest BCUT2D eigenvalue weighted by molar-refractivity contribution is 7.91. The first kappa shape index (κ1) is 17.0. The van der Waals surface area contributed by atoms with Crippen molar-refractivity contribution in [3.05, 3.63) is 60.7 Å². The second-order valence-electron chi connectivity index (χ2n) is 5.26. The summed E-state index contributed by atoms with van der Waals surface area (Å²) in [7, 11) is 0.284. The lowest BCUT2D eigenvalue weighted by Crippen LogP contribution is -2.25.